The van der Waals surface area contributed by atoms with Gasteiger partial charge in [-0.15, -0.1) is 0 Å². The molecule has 6 heteroatoms. The highest BCUT2D eigenvalue weighted by Gasteiger charge is 2.11. The molecule has 0 unspecified atom stereocenters. The summed E-state index contributed by atoms with van der Waals surface area (Å²) in [6.45, 7) is 0. The van der Waals surface area contributed by atoms with Gasteiger partial charge in [-0.25, -0.2) is 13.8 Å². The van der Waals surface area contributed by atoms with Crippen molar-refractivity contribution in [1.29, 1.82) is 0 Å². The van der Waals surface area contributed by atoms with E-state index in [1.54, 1.807) is 24.4 Å². The summed E-state index contributed by atoms with van der Waals surface area (Å²) in [6, 6.07) is 9.81. The van der Waals surface area contributed by atoms with Gasteiger partial charge in [0, 0.05) is 17.6 Å². The molecule has 0 aliphatic rings. The van der Waals surface area contributed by atoms with E-state index in [1.165, 1.54) is 0 Å². The van der Waals surface area contributed by atoms with E-state index in [0.29, 0.717) is 17.3 Å². The predicted octanol–water partition coefficient (Wildman–Crippen LogP) is 3.23. The number of nitrogens with two attached hydrogens (primary N) is 1. The number of nitrogens with zero attached hydrogens (tertiary/aromatic N) is 2. The molecule has 3 rings (SSSR count). The molecule has 0 radical (unpaired) electrons. The first-order valence-electron chi connectivity index (χ1n) is 5.87. The van der Waals surface area contributed by atoms with Crippen LogP contribution in [-0.2, 0) is 0 Å². The number of nitrogens with one attached hydrogen (secondary N) is 1. The number of pyridine rings is 2. The van der Waals surface area contributed by atoms with Crippen molar-refractivity contribution in [3.05, 3.63) is 54.2 Å². The van der Waals surface area contributed by atoms with Gasteiger partial charge in [-0.1, -0.05) is 18.2 Å². The van der Waals surface area contributed by atoms with E-state index in [4.69, 9.17) is 5.73 Å². The Balaban J connectivity index is 2.08. The lowest BCUT2D eigenvalue weighted by Gasteiger charge is -2.09. The maximum Gasteiger partial charge on any atom is 0.169 e. The van der Waals surface area contributed by atoms with Crippen molar-refractivity contribution in [2.45, 2.75) is 0 Å². The van der Waals surface area contributed by atoms with Crippen molar-refractivity contribution in [1.82, 2.24) is 9.97 Å². The first-order chi connectivity index (χ1) is 9.65. The van der Waals surface area contributed by atoms with Crippen LogP contribution in [0.3, 0.4) is 0 Å². The SMILES string of the molecule is Nc1nc(Nc2cccc3cccnc23)c(F)cc1F. The summed E-state index contributed by atoms with van der Waals surface area (Å²) in [5.74, 6) is -2.20. The van der Waals surface area contributed by atoms with E-state index < -0.39 is 11.6 Å². The summed E-state index contributed by atoms with van der Waals surface area (Å²) in [4.78, 5) is 7.89. The van der Waals surface area contributed by atoms with Crippen LogP contribution < -0.4 is 11.1 Å². The minimum absolute atomic E-state index is 0.137. The molecule has 0 spiro atoms. The Morgan fingerprint density at radius 1 is 1.05 bits per heavy atom. The molecule has 1 aromatic carbocycles. The first-order valence-corrected chi connectivity index (χ1v) is 5.87. The molecule has 0 aliphatic heterocycles. The Morgan fingerprint density at radius 3 is 2.70 bits per heavy atom. The summed E-state index contributed by atoms with van der Waals surface area (Å²) in [5.41, 5.74) is 6.58. The number of para-hydroxylation sites is 1. The van der Waals surface area contributed by atoms with Gasteiger partial charge in [0.1, 0.15) is 0 Å². The highest BCUT2D eigenvalue weighted by Crippen LogP contribution is 2.26. The van der Waals surface area contributed by atoms with Crippen LogP contribution in [0.4, 0.5) is 26.1 Å². The third-order valence-corrected chi connectivity index (χ3v) is 2.84. The number of fused-ring (bicyclic) bond motifs is 1. The lowest BCUT2D eigenvalue weighted by Crippen LogP contribution is -2.03. The zero-order valence-corrected chi connectivity index (χ0v) is 10.3. The summed E-state index contributed by atoms with van der Waals surface area (Å²) < 4.78 is 26.8. The van der Waals surface area contributed by atoms with Crippen LogP contribution in [0.25, 0.3) is 10.9 Å². The first kappa shape index (κ1) is 12.3. The van der Waals surface area contributed by atoms with Gasteiger partial charge in [0.05, 0.1) is 11.2 Å². The Labute approximate surface area is 113 Å². The second-order valence-corrected chi connectivity index (χ2v) is 4.19. The van der Waals surface area contributed by atoms with E-state index in [-0.39, 0.29) is 11.6 Å². The molecule has 0 atom stereocenters. The Hall–Kier alpha value is -2.76. The molecule has 0 amide bonds. The number of halogens is 2. The van der Waals surface area contributed by atoms with Crippen molar-refractivity contribution in [3.63, 3.8) is 0 Å². The fourth-order valence-electron chi connectivity index (χ4n) is 1.90. The van der Waals surface area contributed by atoms with Crippen LogP contribution >= 0.6 is 0 Å². The largest absolute Gasteiger partial charge is 0.381 e. The quantitative estimate of drug-likeness (QED) is 0.751. The van der Waals surface area contributed by atoms with Crippen molar-refractivity contribution < 1.29 is 8.78 Å². The van der Waals surface area contributed by atoms with Crippen LogP contribution in [0.5, 0.6) is 0 Å². The van der Waals surface area contributed by atoms with Gasteiger partial charge in [0.15, 0.2) is 23.3 Å². The summed E-state index contributed by atoms with van der Waals surface area (Å²) in [7, 11) is 0. The molecular weight excluding hydrogens is 262 g/mol. The second-order valence-electron chi connectivity index (χ2n) is 4.19. The van der Waals surface area contributed by atoms with Crippen LogP contribution in [0.15, 0.2) is 42.6 Å². The van der Waals surface area contributed by atoms with E-state index in [2.05, 4.69) is 15.3 Å². The zero-order chi connectivity index (χ0) is 14.1. The number of rotatable bonds is 2. The summed E-state index contributed by atoms with van der Waals surface area (Å²) in [6.07, 6.45) is 1.64. The summed E-state index contributed by atoms with van der Waals surface area (Å²) >= 11 is 0. The molecule has 100 valence electrons. The fraction of sp³-hybridized carbons (Fsp3) is 0. The number of hydrogen-bond acceptors (Lipinski definition) is 4. The maximum absolute atomic E-state index is 13.7. The standard InChI is InChI=1S/C14H10F2N4/c15-9-7-10(16)14(20-13(9)17)19-11-5-1-3-8-4-2-6-18-12(8)11/h1-7H,(H3,17,19,20). The van der Waals surface area contributed by atoms with E-state index in [0.717, 1.165) is 5.39 Å². The average Bonchev–Trinajstić information content (AvgIpc) is 2.45. The molecule has 0 saturated heterocycles. The van der Waals surface area contributed by atoms with Crippen molar-refractivity contribution in [2.24, 2.45) is 0 Å². The van der Waals surface area contributed by atoms with Gasteiger partial charge in [-0.3, -0.25) is 4.98 Å². The smallest absolute Gasteiger partial charge is 0.169 e. The van der Waals surface area contributed by atoms with Gasteiger partial charge < -0.3 is 11.1 Å². The minimum atomic E-state index is -0.885. The third kappa shape index (κ3) is 2.11. The molecule has 2 aromatic heterocycles. The molecule has 0 saturated carbocycles. The molecular formula is C14H10F2N4. The molecule has 0 aliphatic carbocycles. The van der Waals surface area contributed by atoms with Gasteiger partial charge in [0.25, 0.3) is 0 Å². The lowest BCUT2D eigenvalue weighted by atomic mass is 10.2. The topological polar surface area (TPSA) is 63.8 Å². The van der Waals surface area contributed by atoms with Crippen LogP contribution in [-0.4, -0.2) is 9.97 Å². The van der Waals surface area contributed by atoms with Crippen LogP contribution in [0.2, 0.25) is 0 Å². The van der Waals surface area contributed by atoms with Crippen molar-refractivity contribution >= 4 is 28.2 Å². The third-order valence-electron chi connectivity index (χ3n) is 2.84. The number of hydrogen-bond donors (Lipinski definition) is 2. The number of anilines is 3. The Bertz CT molecular complexity index is 784. The maximum atomic E-state index is 13.7. The van der Waals surface area contributed by atoms with Gasteiger partial charge in [0.2, 0.25) is 0 Å². The lowest BCUT2D eigenvalue weighted by molar-refractivity contribution is 0.581. The van der Waals surface area contributed by atoms with E-state index >= 15 is 0 Å². The highest BCUT2D eigenvalue weighted by atomic mass is 19.1. The molecule has 0 bridgehead atoms. The monoisotopic (exact) mass is 272 g/mol. The van der Waals surface area contributed by atoms with Gasteiger partial charge in [-0.05, 0) is 12.1 Å². The molecule has 3 aromatic rings. The van der Waals surface area contributed by atoms with Crippen molar-refractivity contribution in [2.75, 3.05) is 11.1 Å². The van der Waals surface area contributed by atoms with Crippen molar-refractivity contribution in [3.8, 4) is 0 Å². The highest BCUT2D eigenvalue weighted by molar-refractivity contribution is 5.91. The molecule has 4 nitrogen and oxygen atoms in total. The second kappa shape index (κ2) is 4.73. The number of aromatic nitrogens is 2. The number of benzene rings is 1. The van der Waals surface area contributed by atoms with E-state index in [9.17, 15) is 8.78 Å². The molecule has 2 heterocycles. The Kier molecular flexibility index (Phi) is 2.90. The minimum Gasteiger partial charge on any atom is -0.381 e. The van der Waals surface area contributed by atoms with Gasteiger partial charge in [-0.2, -0.15) is 0 Å². The molecule has 3 N–H and O–H groups in total. The average molecular weight is 272 g/mol. The Morgan fingerprint density at radius 2 is 1.85 bits per heavy atom. The molecule has 20 heavy (non-hydrogen) atoms. The van der Waals surface area contributed by atoms with Crippen LogP contribution in [0, 0.1) is 11.6 Å². The predicted molar refractivity (Wildman–Crippen MR) is 73.6 cm³/mol. The zero-order valence-electron chi connectivity index (χ0n) is 10.3. The normalized spacial score (nSPS) is 10.7. The summed E-state index contributed by atoms with van der Waals surface area (Å²) in [5, 5.41) is 3.68. The van der Waals surface area contributed by atoms with E-state index in [1.807, 2.05) is 12.1 Å². The number of nitrogen functional groups attached to an aromatic ring is 1. The van der Waals surface area contributed by atoms with Gasteiger partial charge >= 0.3 is 0 Å². The molecule has 0 fully saturated rings. The fourth-order valence-corrected chi connectivity index (χ4v) is 1.90. The van der Waals surface area contributed by atoms with Crippen LogP contribution in [0.1, 0.15) is 0 Å².